The van der Waals surface area contributed by atoms with Gasteiger partial charge in [-0.15, -0.1) is 0 Å². The molecule has 1 aliphatic rings. The molecule has 0 radical (unpaired) electrons. The molecule has 0 aromatic rings. The maximum atomic E-state index is 10.4. The van der Waals surface area contributed by atoms with Gasteiger partial charge in [0, 0.05) is 6.08 Å². The molecule has 0 aliphatic heterocycles. The van der Waals surface area contributed by atoms with E-state index in [4.69, 9.17) is 11.5 Å². The van der Waals surface area contributed by atoms with Crippen molar-refractivity contribution in [1.82, 2.24) is 0 Å². The minimum Gasteiger partial charge on any atom is -0.395 e. The van der Waals surface area contributed by atoms with E-state index in [0.717, 1.165) is 0 Å². The Kier molecular flexibility index (Phi) is 2.25. The molecule has 0 heterocycles. The lowest BCUT2D eigenvalue weighted by atomic mass is 10.2. The highest BCUT2D eigenvalue weighted by atomic mass is 16.6. The highest BCUT2D eigenvalue weighted by molar-refractivity contribution is 5.30. The third-order valence-corrected chi connectivity index (χ3v) is 1.54. The minimum absolute atomic E-state index is 0.0880. The molecule has 4 N–H and O–H groups in total. The predicted octanol–water partition coefficient (Wildman–Crippen LogP) is -0.113. The Morgan fingerprint density at radius 1 is 1.50 bits per heavy atom. The van der Waals surface area contributed by atoms with E-state index in [9.17, 15) is 10.1 Å². The smallest absolute Gasteiger partial charge is 0.289 e. The minimum atomic E-state index is -0.569. The van der Waals surface area contributed by atoms with Crippen molar-refractivity contribution in [3.05, 3.63) is 45.8 Å². The van der Waals surface area contributed by atoms with E-state index < -0.39 is 11.0 Å². The Morgan fingerprint density at radius 2 is 2.17 bits per heavy atom. The molecule has 0 spiro atoms. The summed E-state index contributed by atoms with van der Waals surface area (Å²) in [5.41, 5.74) is 10.9. The molecule has 0 saturated carbocycles. The lowest BCUT2D eigenvalue weighted by molar-refractivity contribution is -0.420. The molecule has 0 amide bonds. The molecule has 12 heavy (non-hydrogen) atoms. The molecule has 64 valence electrons. The quantitative estimate of drug-likeness (QED) is 0.420. The van der Waals surface area contributed by atoms with Crippen LogP contribution in [0.25, 0.3) is 0 Å². The molecule has 1 atom stereocenters. The van der Waals surface area contributed by atoms with Crippen molar-refractivity contribution in [1.29, 1.82) is 0 Å². The molecule has 5 nitrogen and oxygen atoms in total. The van der Waals surface area contributed by atoms with Gasteiger partial charge in [-0.2, -0.15) is 0 Å². The van der Waals surface area contributed by atoms with E-state index in [-0.39, 0.29) is 11.4 Å². The monoisotopic (exact) mass is 167 g/mol. The summed E-state index contributed by atoms with van der Waals surface area (Å²) in [4.78, 5) is 9.85. The van der Waals surface area contributed by atoms with Gasteiger partial charge in [0.15, 0.2) is 0 Å². The van der Waals surface area contributed by atoms with Gasteiger partial charge in [-0.25, -0.2) is 0 Å². The zero-order valence-electron chi connectivity index (χ0n) is 6.31. The number of nitrogens with two attached hydrogens (primary N) is 2. The fourth-order valence-electron chi connectivity index (χ4n) is 0.867. The molecule has 5 heteroatoms. The highest BCUT2D eigenvalue weighted by Crippen LogP contribution is 2.09. The van der Waals surface area contributed by atoms with Crippen LogP contribution in [-0.4, -0.2) is 11.0 Å². The maximum Gasteiger partial charge on any atom is 0.289 e. The molecule has 1 rings (SSSR count). The van der Waals surface area contributed by atoms with Crippen LogP contribution in [0.15, 0.2) is 35.7 Å². The van der Waals surface area contributed by atoms with Gasteiger partial charge in [0.1, 0.15) is 5.70 Å². The number of hydrogen-bond donors (Lipinski definition) is 2. The van der Waals surface area contributed by atoms with Crippen molar-refractivity contribution in [2.24, 2.45) is 11.5 Å². The predicted molar refractivity (Wildman–Crippen MR) is 44.5 cm³/mol. The zero-order valence-corrected chi connectivity index (χ0v) is 6.31. The van der Waals surface area contributed by atoms with Crippen LogP contribution in [0.3, 0.4) is 0 Å². The van der Waals surface area contributed by atoms with Crippen molar-refractivity contribution in [2.75, 3.05) is 0 Å². The molecule has 0 fully saturated rings. The summed E-state index contributed by atoms with van der Waals surface area (Å²) in [6.07, 6.45) is 6.10. The van der Waals surface area contributed by atoms with Crippen LogP contribution in [0.5, 0.6) is 0 Å². The van der Waals surface area contributed by atoms with Gasteiger partial charge in [-0.05, 0) is 0 Å². The van der Waals surface area contributed by atoms with Gasteiger partial charge < -0.3 is 11.5 Å². The second kappa shape index (κ2) is 3.19. The van der Waals surface area contributed by atoms with Gasteiger partial charge >= 0.3 is 0 Å². The number of rotatable bonds is 1. The van der Waals surface area contributed by atoms with Crippen LogP contribution in [0.4, 0.5) is 0 Å². The van der Waals surface area contributed by atoms with Crippen molar-refractivity contribution in [3.8, 4) is 0 Å². The van der Waals surface area contributed by atoms with Gasteiger partial charge in [-0.3, -0.25) is 10.1 Å². The van der Waals surface area contributed by atoms with E-state index in [0.29, 0.717) is 0 Å². The molecule has 0 bridgehead atoms. The number of nitro groups is 1. The Labute approximate surface area is 69.2 Å². The first-order valence-electron chi connectivity index (χ1n) is 3.37. The first-order chi connectivity index (χ1) is 5.63. The fourth-order valence-corrected chi connectivity index (χ4v) is 0.867. The van der Waals surface area contributed by atoms with Crippen molar-refractivity contribution >= 4 is 0 Å². The van der Waals surface area contributed by atoms with Crippen molar-refractivity contribution in [3.63, 3.8) is 0 Å². The summed E-state index contributed by atoms with van der Waals surface area (Å²) < 4.78 is 0. The third kappa shape index (κ3) is 1.51. The standard InChI is InChI=1S/C7H9N3O2/c8-5-3-1-2-4-6(7(5)9)10(11)12/h1-5H,8-9H2. The highest BCUT2D eigenvalue weighted by Gasteiger charge is 2.17. The third-order valence-electron chi connectivity index (χ3n) is 1.54. The van der Waals surface area contributed by atoms with E-state index >= 15 is 0 Å². The summed E-state index contributed by atoms with van der Waals surface area (Å²) in [7, 11) is 0. The SMILES string of the molecule is NC1=C([N+](=O)[O-])C=CC=CC1N. The first kappa shape index (κ1) is 8.48. The summed E-state index contributed by atoms with van der Waals surface area (Å²) >= 11 is 0. The summed E-state index contributed by atoms with van der Waals surface area (Å²) in [6.45, 7) is 0. The second-order valence-corrected chi connectivity index (χ2v) is 2.37. The molecular weight excluding hydrogens is 158 g/mol. The fraction of sp³-hybridized carbons (Fsp3) is 0.143. The molecule has 0 aromatic carbocycles. The van der Waals surface area contributed by atoms with Crippen LogP contribution in [0.1, 0.15) is 0 Å². The van der Waals surface area contributed by atoms with E-state index in [1.54, 1.807) is 12.2 Å². The Morgan fingerprint density at radius 3 is 2.75 bits per heavy atom. The van der Waals surface area contributed by atoms with E-state index in [1.807, 2.05) is 0 Å². The topological polar surface area (TPSA) is 95.2 Å². The lowest BCUT2D eigenvalue weighted by Crippen LogP contribution is -2.27. The molecular formula is C7H9N3O2. The zero-order chi connectivity index (χ0) is 9.14. The summed E-state index contributed by atoms with van der Waals surface area (Å²) in [5.74, 6) is 0. The number of allylic oxidation sites excluding steroid dienone is 3. The Hall–Kier alpha value is -1.62. The van der Waals surface area contributed by atoms with Gasteiger partial charge in [0.2, 0.25) is 0 Å². The largest absolute Gasteiger partial charge is 0.395 e. The van der Waals surface area contributed by atoms with Gasteiger partial charge in [0.05, 0.1) is 11.0 Å². The van der Waals surface area contributed by atoms with Crippen LogP contribution in [0.2, 0.25) is 0 Å². The summed E-state index contributed by atoms with van der Waals surface area (Å²) in [5, 5.41) is 10.4. The van der Waals surface area contributed by atoms with Crippen molar-refractivity contribution < 1.29 is 4.92 Å². The van der Waals surface area contributed by atoms with Gasteiger partial charge in [0.25, 0.3) is 5.70 Å². The van der Waals surface area contributed by atoms with Crippen LogP contribution in [-0.2, 0) is 0 Å². The Balaban J connectivity index is 3.10. The molecule has 0 aromatic heterocycles. The molecule has 1 unspecified atom stereocenters. The van der Waals surface area contributed by atoms with Crippen LogP contribution < -0.4 is 11.5 Å². The maximum absolute atomic E-state index is 10.4. The lowest BCUT2D eigenvalue weighted by Gasteiger charge is -2.04. The average Bonchev–Trinajstić information content (AvgIpc) is 2.15. The van der Waals surface area contributed by atoms with Crippen LogP contribution in [0, 0.1) is 10.1 Å². The molecule has 1 aliphatic carbocycles. The Bertz CT molecular complexity index is 291. The first-order valence-corrected chi connectivity index (χ1v) is 3.37. The van der Waals surface area contributed by atoms with Gasteiger partial charge in [-0.1, -0.05) is 18.2 Å². The average molecular weight is 167 g/mol. The molecule has 0 saturated heterocycles. The number of hydrogen-bond acceptors (Lipinski definition) is 4. The van der Waals surface area contributed by atoms with E-state index in [1.165, 1.54) is 12.2 Å². The number of nitrogens with zero attached hydrogens (tertiary/aromatic N) is 1. The second-order valence-electron chi connectivity index (χ2n) is 2.37. The van der Waals surface area contributed by atoms with E-state index in [2.05, 4.69) is 0 Å². The summed E-state index contributed by atoms with van der Waals surface area (Å²) in [6, 6.07) is -0.569. The van der Waals surface area contributed by atoms with Crippen LogP contribution >= 0.6 is 0 Å². The van der Waals surface area contributed by atoms with Crippen molar-refractivity contribution in [2.45, 2.75) is 6.04 Å². The normalized spacial score (nSPS) is 22.6.